The van der Waals surface area contributed by atoms with Crippen LogP contribution in [0.2, 0.25) is 0 Å². The van der Waals surface area contributed by atoms with Crippen LogP contribution in [-0.2, 0) is 0 Å². The van der Waals surface area contributed by atoms with Crippen LogP contribution in [0.3, 0.4) is 0 Å². The first kappa shape index (κ1) is 8.75. The molecule has 0 aromatic heterocycles. The second-order valence-corrected chi connectivity index (χ2v) is 2.34. The van der Waals surface area contributed by atoms with Gasteiger partial charge < -0.3 is 5.11 Å². The van der Waals surface area contributed by atoms with E-state index in [1.807, 2.05) is 0 Å². The van der Waals surface area contributed by atoms with Crippen molar-refractivity contribution in [3.63, 3.8) is 0 Å². The third-order valence-corrected chi connectivity index (χ3v) is 1.44. The van der Waals surface area contributed by atoms with Gasteiger partial charge in [0.05, 0.1) is 0 Å². The Morgan fingerprint density at radius 3 is 2.92 bits per heavy atom. The van der Waals surface area contributed by atoms with Crippen LogP contribution in [0.5, 0.6) is 0 Å². The lowest BCUT2D eigenvalue weighted by Crippen LogP contribution is -2.45. The van der Waals surface area contributed by atoms with Crippen molar-refractivity contribution in [1.29, 1.82) is 0 Å². The summed E-state index contributed by atoms with van der Waals surface area (Å²) in [7, 11) is 0. The number of aliphatic hydroxyl groups excluding tert-OH is 1. The van der Waals surface area contributed by atoms with Crippen LogP contribution in [0.4, 0.5) is 0 Å². The summed E-state index contributed by atoms with van der Waals surface area (Å²) in [4.78, 5) is 13.6. The summed E-state index contributed by atoms with van der Waals surface area (Å²) >= 11 is 5.39. The minimum atomic E-state index is -1.28. The van der Waals surface area contributed by atoms with Crippen molar-refractivity contribution in [1.82, 2.24) is 5.01 Å². The molecule has 3 N–H and O–H groups in total. The van der Waals surface area contributed by atoms with E-state index in [1.54, 1.807) is 0 Å². The molecular formula is C4H5ClN4O3. The maximum atomic E-state index is 10.3. The van der Waals surface area contributed by atoms with Crippen LogP contribution in [0.25, 0.3) is 0 Å². The molecule has 66 valence electrons. The van der Waals surface area contributed by atoms with Gasteiger partial charge in [-0.1, -0.05) is 11.6 Å². The average Bonchev–Trinajstić information content (AvgIpc) is 1.82. The zero-order valence-electron chi connectivity index (χ0n) is 5.72. The number of nitrogens with zero attached hydrogens (tertiary/aromatic N) is 3. The van der Waals surface area contributed by atoms with E-state index in [4.69, 9.17) is 22.4 Å². The van der Waals surface area contributed by atoms with E-state index in [-0.39, 0.29) is 5.16 Å². The summed E-state index contributed by atoms with van der Waals surface area (Å²) in [6, 6.07) is 0. The Morgan fingerprint density at radius 2 is 2.50 bits per heavy atom. The Morgan fingerprint density at radius 1 is 1.92 bits per heavy atom. The van der Waals surface area contributed by atoms with Crippen LogP contribution in [0.1, 0.15) is 0 Å². The first-order valence-corrected chi connectivity index (χ1v) is 3.23. The lowest BCUT2D eigenvalue weighted by molar-refractivity contribution is -0.650. The molecular weight excluding hydrogens is 188 g/mol. The molecule has 1 rings (SSSR count). The van der Waals surface area contributed by atoms with Crippen molar-refractivity contribution in [3.05, 3.63) is 21.3 Å². The fourth-order valence-corrected chi connectivity index (χ4v) is 0.960. The number of aliphatic hydroxyl groups is 1. The van der Waals surface area contributed by atoms with Gasteiger partial charge in [0.1, 0.15) is 0 Å². The molecule has 8 heteroatoms. The minimum absolute atomic E-state index is 0.278. The van der Waals surface area contributed by atoms with Gasteiger partial charge in [-0.2, -0.15) is 0 Å². The summed E-state index contributed by atoms with van der Waals surface area (Å²) in [6.45, 7) is 0. The number of aliphatic imine (C=N–C) groups is 1. The van der Waals surface area contributed by atoms with Gasteiger partial charge in [-0.25, -0.2) is 15.1 Å². The number of nitro groups is 1. The van der Waals surface area contributed by atoms with Crippen LogP contribution >= 0.6 is 11.6 Å². The topological polar surface area (TPSA) is 105 Å². The number of rotatable bonds is 1. The number of hydrogen-bond acceptors (Lipinski definition) is 4. The molecule has 0 aromatic carbocycles. The van der Waals surface area contributed by atoms with Gasteiger partial charge in [-0.05, 0) is 5.01 Å². The fraction of sp³-hybridized carbons (Fsp3) is 0.250. The Labute approximate surface area is 71.9 Å². The van der Waals surface area contributed by atoms with Crippen molar-refractivity contribution in [2.45, 2.75) is 6.29 Å². The standard InChI is InChI=1S/C4H5ClN4O3/c5-2-1-3(10)7-4(6)8(2)9(11)12/h1,4H,6H2,(H,7,10). The highest BCUT2D eigenvalue weighted by Crippen LogP contribution is 2.16. The van der Waals surface area contributed by atoms with E-state index in [0.717, 1.165) is 6.08 Å². The SMILES string of the molecule is NC1N=C(O)C=C(Cl)N1[N+](=O)[O-]. The molecule has 0 saturated heterocycles. The fourth-order valence-electron chi connectivity index (χ4n) is 0.701. The van der Waals surface area contributed by atoms with E-state index in [9.17, 15) is 10.1 Å². The summed E-state index contributed by atoms with van der Waals surface area (Å²) in [5.41, 5.74) is 5.17. The van der Waals surface area contributed by atoms with Gasteiger partial charge in [0.15, 0.2) is 10.2 Å². The van der Waals surface area contributed by atoms with Crippen LogP contribution in [-0.4, -0.2) is 27.3 Å². The molecule has 0 saturated carbocycles. The van der Waals surface area contributed by atoms with E-state index < -0.39 is 17.2 Å². The molecule has 12 heavy (non-hydrogen) atoms. The second-order valence-electron chi connectivity index (χ2n) is 1.95. The molecule has 7 nitrogen and oxygen atoms in total. The quantitative estimate of drug-likeness (QED) is 0.339. The summed E-state index contributed by atoms with van der Waals surface area (Å²) < 4.78 is 0. The van der Waals surface area contributed by atoms with Crippen molar-refractivity contribution in [2.75, 3.05) is 0 Å². The smallest absolute Gasteiger partial charge is 0.240 e. The Bertz CT molecular complexity index is 275. The van der Waals surface area contributed by atoms with E-state index in [1.165, 1.54) is 0 Å². The Kier molecular flexibility index (Phi) is 2.15. The second kappa shape index (κ2) is 2.95. The van der Waals surface area contributed by atoms with Crippen molar-refractivity contribution >= 4 is 17.5 Å². The molecule has 0 spiro atoms. The summed E-state index contributed by atoms with van der Waals surface area (Å²) in [5.74, 6) is -0.425. The van der Waals surface area contributed by atoms with Gasteiger partial charge in [0.25, 0.3) is 0 Å². The largest absolute Gasteiger partial charge is 0.493 e. The van der Waals surface area contributed by atoms with E-state index in [0.29, 0.717) is 5.01 Å². The van der Waals surface area contributed by atoms with Crippen molar-refractivity contribution in [2.24, 2.45) is 10.7 Å². The first-order chi connectivity index (χ1) is 5.52. The molecule has 0 aliphatic carbocycles. The Balaban J connectivity index is 2.94. The molecule has 1 unspecified atom stereocenters. The van der Waals surface area contributed by atoms with Crippen molar-refractivity contribution in [3.8, 4) is 0 Å². The molecule has 1 heterocycles. The van der Waals surface area contributed by atoms with Gasteiger partial charge in [-0.3, -0.25) is 5.73 Å². The first-order valence-electron chi connectivity index (χ1n) is 2.85. The monoisotopic (exact) mass is 192 g/mol. The van der Waals surface area contributed by atoms with Gasteiger partial charge in [0.2, 0.25) is 12.2 Å². The predicted octanol–water partition coefficient (Wildman–Crippen LogP) is -0.227. The van der Waals surface area contributed by atoms with Crippen LogP contribution < -0.4 is 5.73 Å². The zero-order valence-corrected chi connectivity index (χ0v) is 6.47. The highest BCUT2D eigenvalue weighted by Gasteiger charge is 2.30. The number of halogens is 1. The molecule has 0 amide bonds. The van der Waals surface area contributed by atoms with Gasteiger partial charge in [0, 0.05) is 6.08 Å². The zero-order chi connectivity index (χ0) is 9.30. The van der Waals surface area contributed by atoms with E-state index >= 15 is 0 Å². The minimum Gasteiger partial charge on any atom is -0.493 e. The van der Waals surface area contributed by atoms with E-state index in [2.05, 4.69) is 4.99 Å². The summed E-state index contributed by atoms with van der Waals surface area (Å²) in [5, 5.41) is 18.4. The highest BCUT2D eigenvalue weighted by molar-refractivity contribution is 6.30. The van der Waals surface area contributed by atoms with Gasteiger partial charge in [-0.15, -0.1) is 0 Å². The molecule has 1 atom stereocenters. The normalized spacial score (nSPS) is 23.2. The number of nitrogens with two attached hydrogens (primary N) is 1. The number of hydrogen-bond donors (Lipinski definition) is 2. The third kappa shape index (κ3) is 1.46. The highest BCUT2D eigenvalue weighted by atomic mass is 35.5. The molecule has 1 aliphatic rings. The Hall–Kier alpha value is -1.34. The maximum Gasteiger partial charge on any atom is 0.240 e. The molecule has 0 fully saturated rings. The molecule has 0 aromatic rings. The predicted molar refractivity (Wildman–Crippen MR) is 40.8 cm³/mol. The van der Waals surface area contributed by atoms with Crippen LogP contribution in [0, 0.1) is 10.1 Å². The molecule has 0 bridgehead atoms. The summed E-state index contributed by atoms with van der Waals surface area (Å²) in [6.07, 6.45) is -0.342. The van der Waals surface area contributed by atoms with Crippen molar-refractivity contribution < 1.29 is 10.1 Å². The third-order valence-electron chi connectivity index (χ3n) is 1.16. The molecule has 1 aliphatic heterocycles. The molecule has 0 radical (unpaired) electrons. The maximum absolute atomic E-state index is 10.3. The lowest BCUT2D eigenvalue weighted by atomic mass is 10.5. The lowest BCUT2D eigenvalue weighted by Gasteiger charge is -2.19. The van der Waals surface area contributed by atoms with Gasteiger partial charge >= 0.3 is 0 Å². The van der Waals surface area contributed by atoms with Crippen LogP contribution in [0.15, 0.2) is 16.2 Å². The average molecular weight is 193 g/mol. The number of hydrazine groups is 1.